The number of nitrogens with one attached hydrogen (secondary N) is 1. The molecule has 128 valence electrons. The van der Waals surface area contributed by atoms with Gasteiger partial charge < -0.3 is 15.2 Å². The molecule has 2 N–H and O–H groups in total. The van der Waals surface area contributed by atoms with E-state index in [0.29, 0.717) is 15.8 Å². The molecule has 1 saturated heterocycles. The molecule has 0 unspecified atom stereocenters. The molecule has 1 amide bonds. The van der Waals surface area contributed by atoms with Crippen LogP contribution in [0.1, 0.15) is 16.7 Å². The summed E-state index contributed by atoms with van der Waals surface area (Å²) in [5.74, 6) is 0.230. The first-order valence-corrected chi connectivity index (χ1v) is 8.52. The van der Waals surface area contributed by atoms with Gasteiger partial charge in [0.1, 0.15) is 0 Å². The number of aliphatic imine (C=N–C) groups is 1. The number of phenolic OH excluding ortho intramolecular Hbond substituents is 1. The third-order valence-electron chi connectivity index (χ3n) is 3.74. The molecule has 3 rings (SSSR count). The number of carbonyl (C=O) groups is 1. The number of aromatic hydroxyl groups is 1. The van der Waals surface area contributed by atoms with Crippen LogP contribution in [0, 0.1) is 13.8 Å². The number of benzene rings is 2. The van der Waals surface area contributed by atoms with Gasteiger partial charge in [0, 0.05) is 0 Å². The topological polar surface area (TPSA) is 70.9 Å². The Morgan fingerprint density at radius 1 is 1.20 bits per heavy atom. The summed E-state index contributed by atoms with van der Waals surface area (Å²) in [4.78, 5) is 17.3. The lowest BCUT2D eigenvalue weighted by Gasteiger charge is -2.04. The Morgan fingerprint density at radius 3 is 2.76 bits per heavy atom. The summed E-state index contributed by atoms with van der Waals surface area (Å²) in [6.07, 6.45) is 1.74. The fraction of sp³-hybridized carbons (Fsp3) is 0.158. The van der Waals surface area contributed by atoms with Gasteiger partial charge in [-0.3, -0.25) is 4.79 Å². The van der Waals surface area contributed by atoms with Crippen LogP contribution in [0.3, 0.4) is 0 Å². The van der Waals surface area contributed by atoms with Crippen LogP contribution in [0.5, 0.6) is 11.5 Å². The lowest BCUT2D eigenvalue weighted by molar-refractivity contribution is -0.115. The summed E-state index contributed by atoms with van der Waals surface area (Å²) < 4.78 is 5.09. The Hall–Kier alpha value is -2.73. The van der Waals surface area contributed by atoms with Gasteiger partial charge in [-0.1, -0.05) is 18.2 Å². The molecule has 6 heteroatoms. The van der Waals surface area contributed by atoms with Crippen LogP contribution in [0.15, 0.2) is 46.3 Å². The van der Waals surface area contributed by atoms with Crippen LogP contribution in [0.25, 0.3) is 6.08 Å². The summed E-state index contributed by atoms with van der Waals surface area (Å²) in [7, 11) is 1.48. The fourth-order valence-corrected chi connectivity index (χ4v) is 3.20. The number of amidine groups is 1. The number of thioether (sulfide) groups is 1. The minimum absolute atomic E-state index is 0.0605. The first-order valence-electron chi connectivity index (χ1n) is 7.70. The van der Waals surface area contributed by atoms with Gasteiger partial charge in [-0.15, -0.1) is 0 Å². The van der Waals surface area contributed by atoms with E-state index in [0.717, 1.165) is 22.4 Å². The summed E-state index contributed by atoms with van der Waals surface area (Å²) in [6.45, 7) is 3.99. The standard InChI is InChI=1S/C19H18N2O3S/c1-11-4-5-12(2)14(8-11)20-19-21-18(23)17(25-19)10-13-6-7-15(22)16(9-13)24-3/h4-10,22H,1-3H3,(H,20,21,23). The maximum Gasteiger partial charge on any atom is 0.264 e. The van der Waals surface area contributed by atoms with Crippen LogP contribution in [0.2, 0.25) is 0 Å². The Bertz CT molecular complexity index is 904. The molecule has 0 saturated carbocycles. The maximum atomic E-state index is 12.2. The highest BCUT2D eigenvalue weighted by molar-refractivity contribution is 8.18. The minimum Gasteiger partial charge on any atom is -0.504 e. The predicted molar refractivity (Wildman–Crippen MR) is 101 cm³/mol. The highest BCUT2D eigenvalue weighted by atomic mass is 32.2. The van der Waals surface area contributed by atoms with E-state index in [9.17, 15) is 9.90 Å². The lowest BCUT2D eigenvalue weighted by atomic mass is 10.1. The summed E-state index contributed by atoms with van der Waals surface area (Å²) in [5, 5.41) is 13.0. The van der Waals surface area contributed by atoms with Gasteiger partial charge in [0.25, 0.3) is 5.91 Å². The van der Waals surface area contributed by atoms with Gasteiger partial charge in [-0.05, 0) is 66.6 Å². The van der Waals surface area contributed by atoms with E-state index in [4.69, 9.17) is 4.74 Å². The fourth-order valence-electron chi connectivity index (χ4n) is 2.37. The molecule has 25 heavy (non-hydrogen) atoms. The van der Waals surface area contributed by atoms with E-state index >= 15 is 0 Å². The predicted octanol–water partition coefficient (Wildman–Crippen LogP) is 3.91. The first-order chi connectivity index (χ1) is 12.0. The third kappa shape index (κ3) is 3.85. The Labute approximate surface area is 150 Å². The smallest absolute Gasteiger partial charge is 0.264 e. The second kappa shape index (κ2) is 7.03. The van der Waals surface area contributed by atoms with Crippen molar-refractivity contribution in [3.8, 4) is 11.5 Å². The highest BCUT2D eigenvalue weighted by Crippen LogP contribution is 2.32. The van der Waals surface area contributed by atoms with E-state index in [2.05, 4.69) is 10.3 Å². The highest BCUT2D eigenvalue weighted by Gasteiger charge is 2.24. The number of amides is 1. The summed E-state index contributed by atoms with van der Waals surface area (Å²) >= 11 is 1.29. The number of methoxy groups -OCH3 is 1. The van der Waals surface area contributed by atoms with Gasteiger partial charge in [-0.2, -0.15) is 0 Å². The molecule has 0 atom stereocenters. The van der Waals surface area contributed by atoms with Crippen LogP contribution in [0.4, 0.5) is 5.69 Å². The summed E-state index contributed by atoms with van der Waals surface area (Å²) in [6, 6.07) is 11.0. The van der Waals surface area contributed by atoms with Gasteiger partial charge in [0.2, 0.25) is 0 Å². The zero-order valence-electron chi connectivity index (χ0n) is 14.2. The van der Waals surface area contributed by atoms with Crippen molar-refractivity contribution in [2.45, 2.75) is 13.8 Å². The molecule has 2 aromatic carbocycles. The van der Waals surface area contributed by atoms with Gasteiger partial charge >= 0.3 is 0 Å². The molecule has 1 heterocycles. The van der Waals surface area contributed by atoms with E-state index < -0.39 is 0 Å². The van der Waals surface area contributed by atoms with Crippen molar-refractivity contribution in [1.82, 2.24) is 5.32 Å². The zero-order chi connectivity index (χ0) is 18.0. The Morgan fingerprint density at radius 2 is 2.00 bits per heavy atom. The molecule has 0 radical (unpaired) electrons. The van der Waals surface area contributed by atoms with E-state index in [1.165, 1.54) is 24.9 Å². The zero-order valence-corrected chi connectivity index (χ0v) is 15.0. The number of hydrogen-bond acceptors (Lipinski definition) is 5. The Kier molecular flexibility index (Phi) is 4.81. The van der Waals surface area contributed by atoms with Crippen LogP contribution in [-0.2, 0) is 4.79 Å². The monoisotopic (exact) mass is 354 g/mol. The molecule has 0 aromatic heterocycles. The second-order valence-electron chi connectivity index (χ2n) is 5.70. The molecular formula is C19H18N2O3S. The number of rotatable bonds is 3. The van der Waals surface area contributed by atoms with Crippen molar-refractivity contribution in [3.63, 3.8) is 0 Å². The van der Waals surface area contributed by atoms with Crippen molar-refractivity contribution in [1.29, 1.82) is 0 Å². The van der Waals surface area contributed by atoms with Gasteiger partial charge in [0.05, 0.1) is 17.7 Å². The average molecular weight is 354 g/mol. The average Bonchev–Trinajstić information content (AvgIpc) is 2.92. The van der Waals surface area contributed by atoms with Crippen molar-refractivity contribution in [2.24, 2.45) is 4.99 Å². The quantitative estimate of drug-likeness (QED) is 0.820. The van der Waals surface area contributed by atoms with Gasteiger partial charge in [0.15, 0.2) is 16.7 Å². The normalized spacial score (nSPS) is 17.2. The van der Waals surface area contributed by atoms with Crippen LogP contribution < -0.4 is 10.1 Å². The number of nitrogens with zero attached hydrogens (tertiary/aromatic N) is 1. The minimum atomic E-state index is -0.193. The van der Waals surface area contributed by atoms with Crippen molar-refractivity contribution >= 4 is 34.6 Å². The molecule has 1 aliphatic rings. The van der Waals surface area contributed by atoms with Crippen LogP contribution in [-0.4, -0.2) is 23.3 Å². The van der Waals surface area contributed by atoms with Crippen molar-refractivity contribution in [2.75, 3.05) is 7.11 Å². The Balaban J connectivity index is 1.87. The maximum absolute atomic E-state index is 12.2. The number of carbonyl (C=O) groups excluding carboxylic acids is 1. The molecule has 0 aliphatic carbocycles. The van der Waals surface area contributed by atoms with E-state index in [-0.39, 0.29) is 11.7 Å². The second-order valence-corrected chi connectivity index (χ2v) is 6.73. The van der Waals surface area contributed by atoms with Gasteiger partial charge in [-0.25, -0.2) is 4.99 Å². The molecule has 1 fully saturated rings. The van der Waals surface area contributed by atoms with Crippen LogP contribution >= 0.6 is 11.8 Å². The van der Waals surface area contributed by atoms with E-state index in [1.807, 2.05) is 32.0 Å². The number of aryl methyl sites for hydroxylation is 2. The SMILES string of the molecule is COc1cc(C=C2SC(=Nc3cc(C)ccc3C)NC2=O)ccc1O. The molecule has 2 aromatic rings. The molecule has 0 spiro atoms. The molecule has 0 bridgehead atoms. The molecule has 5 nitrogen and oxygen atoms in total. The van der Waals surface area contributed by atoms with E-state index in [1.54, 1.807) is 18.2 Å². The number of phenols is 1. The number of hydrogen-bond donors (Lipinski definition) is 2. The summed E-state index contributed by atoms with van der Waals surface area (Å²) in [5.41, 5.74) is 3.77. The van der Waals surface area contributed by atoms with Crippen molar-refractivity contribution in [3.05, 3.63) is 58.0 Å². The molecule has 1 aliphatic heterocycles. The lowest BCUT2D eigenvalue weighted by Crippen LogP contribution is -2.19. The molecular weight excluding hydrogens is 336 g/mol. The first kappa shape index (κ1) is 17.1. The largest absolute Gasteiger partial charge is 0.504 e. The third-order valence-corrected chi connectivity index (χ3v) is 4.65. The van der Waals surface area contributed by atoms with Crippen molar-refractivity contribution < 1.29 is 14.6 Å². The number of ether oxygens (including phenoxy) is 1.